The minimum Gasteiger partial charge on any atom is -0.393 e. The second-order valence-corrected chi connectivity index (χ2v) is 10.5. The Labute approximate surface area is 195 Å². The fourth-order valence-corrected chi connectivity index (χ4v) is 5.84. The van der Waals surface area contributed by atoms with Crippen LogP contribution in [0.15, 0.2) is 6.20 Å². The summed E-state index contributed by atoms with van der Waals surface area (Å²) in [6.07, 6.45) is 17.7. The van der Waals surface area contributed by atoms with Gasteiger partial charge in [0.2, 0.25) is 5.95 Å². The molecule has 0 spiro atoms. The van der Waals surface area contributed by atoms with Crippen LogP contribution in [0, 0.1) is 5.92 Å². The predicted octanol–water partition coefficient (Wildman–Crippen LogP) is 5.16. The zero-order chi connectivity index (χ0) is 22.2. The van der Waals surface area contributed by atoms with Crippen LogP contribution < -0.4 is 10.6 Å². The number of aliphatic hydroxyl groups is 1. The fraction of sp³-hybridized carbons (Fsp3) is 0.846. The maximum atomic E-state index is 9.89. The van der Waals surface area contributed by atoms with Gasteiger partial charge in [-0.15, -0.1) is 0 Å². The van der Waals surface area contributed by atoms with E-state index in [4.69, 9.17) is 4.98 Å². The Balaban J connectivity index is 1.38. The molecule has 6 nitrogen and oxygen atoms in total. The topological polar surface area (TPSA) is 73.3 Å². The Morgan fingerprint density at radius 1 is 1.00 bits per heavy atom. The Morgan fingerprint density at radius 2 is 1.75 bits per heavy atom. The van der Waals surface area contributed by atoms with Crippen molar-refractivity contribution in [2.45, 2.75) is 108 Å². The van der Waals surface area contributed by atoms with E-state index in [1.54, 1.807) is 0 Å². The molecular formula is C26H45N5O. The lowest BCUT2D eigenvalue weighted by molar-refractivity contribution is 0.126. The Kier molecular flexibility index (Phi) is 9.03. The van der Waals surface area contributed by atoms with Crippen LogP contribution in [0.3, 0.4) is 0 Å². The van der Waals surface area contributed by atoms with E-state index in [9.17, 15) is 5.11 Å². The molecule has 6 heteroatoms. The molecule has 32 heavy (non-hydrogen) atoms. The minimum atomic E-state index is -0.127. The van der Waals surface area contributed by atoms with Gasteiger partial charge >= 0.3 is 0 Å². The summed E-state index contributed by atoms with van der Waals surface area (Å²) in [7, 11) is 0. The van der Waals surface area contributed by atoms with Crippen molar-refractivity contribution in [3.63, 3.8) is 0 Å². The summed E-state index contributed by atoms with van der Waals surface area (Å²) in [5.74, 6) is 3.25. The van der Waals surface area contributed by atoms with Crippen LogP contribution in [0.5, 0.6) is 0 Å². The van der Waals surface area contributed by atoms with Crippen LogP contribution in [-0.2, 0) is 0 Å². The molecule has 2 aliphatic carbocycles. The third-order valence-corrected chi connectivity index (χ3v) is 7.94. The van der Waals surface area contributed by atoms with Crippen LogP contribution in [0.1, 0.15) is 102 Å². The lowest BCUT2D eigenvalue weighted by Crippen LogP contribution is -2.37. The standard InChI is InChI=1S/C26H45N5O/c1-2-3-15-27-26-28-18-24(25(30-26)29-22-9-11-23(32)12-10-22)21-13-16-31(17-14-21)19-20-7-5-4-6-8-20/h18,20-23,32H,2-17,19H2,1H3,(H2,27,28,29,30). The maximum Gasteiger partial charge on any atom is 0.224 e. The molecule has 3 fully saturated rings. The summed E-state index contributed by atoms with van der Waals surface area (Å²) >= 11 is 0. The van der Waals surface area contributed by atoms with E-state index in [-0.39, 0.29) is 6.10 Å². The molecule has 180 valence electrons. The van der Waals surface area contributed by atoms with Gasteiger partial charge in [-0.05, 0) is 82.7 Å². The summed E-state index contributed by atoms with van der Waals surface area (Å²) in [6, 6.07) is 0.405. The highest BCUT2D eigenvalue weighted by atomic mass is 16.3. The predicted molar refractivity (Wildman–Crippen MR) is 132 cm³/mol. The van der Waals surface area contributed by atoms with Gasteiger partial charge in [0.25, 0.3) is 0 Å². The Morgan fingerprint density at radius 3 is 2.47 bits per heavy atom. The lowest BCUT2D eigenvalue weighted by atomic mass is 9.86. The third-order valence-electron chi connectivity index (χ3n) is 7.94. The summed E-state index contributed by atoms with van der Waals surface area (Å²) in [5, 5.41) is 17.1. The molecule has 0 unspecified atom stereocenters. The van der Waals surface area contributed by atoms with Crippen LogP contribution in [-0.4, -0.2) is 58.3 Å². The average Bonchev–Trinajstić information content (AvgIpc) is 2.82. The van der Waals surface area contributed by atoms with Crippen molar-refractivity contribution < 1.29 is 5.11 Å². The van der Waals surface area contributed by atoms with Crippen molar-refractivity contribution in [2.75, 3.05) is 36.8 Å². The minimum absolute atomic E-state index is 0.127. The molecule has 0 atom stereocenters. The second kappa shape index (κ2) is 12.2. The van der Waals surface area contributed by atoms with Crippen LogP contribution in [0.2, 0.25) is 0 Å². The molecule has 3 aliphatic rings. The number of nitrogens with zero attached hydrogens (tertiary/aromatic N) is 3. The van der Waals surface area contributed by atoms with Gasteiger partial charge in [0, 0.05) is 30.9 Å². The third kappa shape index (κ3) is 6.80. The molecule has 1 aromatic heterocycles. The van der Waals surface area contributed by atoms with E-state index in [1.165, 1.54) is 76.6 Å². The van der Waals surface area contributed by atoms with Crippen molar-refractivity contribution in [1.29, 1.82) is 0 Å². The number of nitrogens with one attached hydrogen (secondary N) is 2. The quantitative estimate of drug-likeness (QED) is 0.458. The van der Waals surface area contributed by atoms with E-state index in [2.05, 4.69) is 33.6 Å². The van der Waals surface area contributed by atoms with Gasteiger partial charge < -0.3 is 20.6 Å². The first kappa shape index (κ1) is 23.7. The van der Waals surface area contributed by atoms with Crippen LogP contribution in [0.4, 0.5) is 11.8 Å². The molecule has 0 radical (unpaired) electrons. The first-order valence-electron chi connectivity index (χ1n) is 13.5. The molecule has 0 aromatic carbocycles. The number of unbranched alkanes of at least 4 members (excludes halogenated alkanes) is 1. The monoisotopic (exact) mass is 443 g/mol. The molecule has 1 saturated heterocycles. The Bertz CT molecular complexity index is 677. The Hall–Kier alpha value is -1.40. The van der Waals surface area contributed by atoms with Gasteiger partial charge in [-0.1, -0.05) is 32.6 Å². The van der Waals surface area contributed by atoms with Gasteiger partial charge in [0.15, 0.2) is 0 Å². The van der Waals surface area contributed by atoms with Crippen molar-refractivity contribution in [1.82, 2.24) is 14.9 Å². The average molecular weight is 444 g/mol. The molecule has 1 aliphatic heterocycles. The number of rotatable bonds is 9. The van der Waals surface area contributed by atoms with Gasteiger partial charge in [0.05, 0.1) is 6.10 Å². The van der Waals surface area contributed by atoms with Gasteiger partial charge in [0.1, 0.15) is 5.82 Å². The first-order valence-corrected chi connectivity index (χ1v) is 13.5. The van der Waals surface area contributed by atoms with E-state index in [0.29, 0.717) is 12.0 Å². The van der Waals surface area contributed by atoms with Gasteiger partial charge in [-0.3, -0.25) is 0 Å². The highest BCUT2D eigenvalue weighted by Gasteiger charge is 2.27. The summed E-state index contributed by atoms with van der Waals surface area (Å²) in [4.78, 5) is 12.3. The SMILES string of the molecule is CCCCNc1ncc(C2CCN(CC3CCCCC3)CC2)c(NC2CCC(O)CC2)n1. The summed E-state index contributed by atoms with van der Waals surface area (Å²) < 4.78 is 0. The summed E-state index contributed by atoms with van der Waals surface area (Å²) in [5.41, 5.74) is 1.30. The summed E-state index contributed by atoms with van der Waals surface area (Å²) in [6.45, 7) is 6.83. The smallest absolute Gasteiger partial charge is 0.224 e. The molecule has 2 saturated carbocycles. The molecular weight excluding hydrogens is 398 g/mol. The second-order valence-electron chi connectivity index (χ2n) is 10.5. The first-order chi connectivity index (χ1) is 15.7. The molecule has 4 rings (SSSR count). The largest absolute Gasteiger partial charge is 0.393 e. The maximum absolute atomic E-state index is 9.89. The highest BCUT2D eigenvalue weighted by Crippen LogP contribution is 2.34. The van der Waals surface area contributed by atoms with Gasteiger partial charge in [-0.25, -0.2) is 4.98 Å². The number of aliphatic hydroxyl groups excluding tert-OH is 1. The van der Waals surface area contributed by atoms with E-state index in [0.717, 1.165) is 56.3 Å². The number of hydrogen-bond acceptors (Lipinski definition) is 6. The van der Waals surface area contributed by atoms with Gasteiger partial charge in [-0.2, -0.15) is 4.98 Å². The molecule has 3 N–H and O–H groups in total. The molecule has 1 aromatic rings. The number of aromatic nitrogens is 2. The van der Waals surface area contributed by atoms with Crippen LogP contribution in [0.25, 0.3) is 0 Å². The van der Waals surface area contributed by atoms with Crippen molar-refractivity contribution in [3.8, 4) is 0 Å². The van der Waals surface area contributed by atoms with Crippen LogP contribution >= 0.6 is 0 Å². The fourth-order valence-electron chi connectivity index (χ4n) is 5.84. The number of hydrogen-bond donors (Lipinski definition) is 3. The number of anilines is 2. The van der Waals surface area contributed by atoms with Crippen molar-refractivity contribution in [2.24, 2.45) is 5.92 Å². The molecule has 0 bridgehead atoms. The lowest BCUT2D eigenvalue weighted by Gasteiger charge is -2.36. The highest BCUT2D eigenvalue weighted by molar-refractivity contribution is 5.50. The van der Waals surface area contributed by atoms with E-state index in [1.807, 2.05) is 0 Å². The van der Waals surface area contributed by atoms with E-state index >= 15 is 0 Å². The number of likely N-dealkylation sites (tertiary alicyclic amines) is 1. The zero-order valence-electron chi connectivity index (χ0n) is 20.2. The molecule has 0 amide bonds. The van der Waals surface area contributed by atoms with Crippen molar-refractivity contribution in [3.05, 3.63) is 11.8 Å². The normalized spacial score (nSPS) is 26.2. The molecule has 2 heterocycles. The van der Waals surface area contributed by atoms with E-state index < -0.39 is 0 Å². The van der Waals surface area contributed by atoms with Crippen molar-refractivity contribution >= 4 is 11.8 Å². The zero-order valence-corrected chi connectivity index (χ0v) is 20.2. The number of piperidine rings is 1.